The summed E-state index contributed by atoms with van der Waals surface area (Å²) < 4.78 is 12.7. The van der Waals surface area contributed by atoms with E-state index in [4.69, 9.17) is 14.6 Å². The van der Waals surface area contributed by atoms with Crippen LogP contribution in [-0.2, 0) is 4.74 Å². The first-order chi connectivity index (χ1) is 15.3. The molecule has 31 heavy (non-hydrogen) atoms. The Balaban J connectivity index is 1.39. The number of fused-ring (bicyclic) bond motifs is 1. The molecule has 1 aliphatic rings. The molecule has 0 spiro atoms. The van der Waals surface area contributed by atoms with Crippen LogP contribution in [0.5, 0.6) is 5.75 Å². The number of hydrogen-bond acceptors (Lipinski definition) is 8. The van der Waals surface area contributed by atoms with Crippen LogP contribution >= 0.6 is 11.3 Å². The third-order valence-electron chi connectivity index (χ3n) is 5.51. The Hall–Kier alpha value is -3.01. The molecular formula is C22H24N6O2S. The first kappa shape index (κ1) is 19.9. The molecule has 0 aliphatic carbocycles. The van der Waals surface area contributed by atoms with Crippen molar-refractivity contribution in [2.75, 3.05) is 45.3 Å². The van der Waals surface area contributed by atoms with Gasteiger partial charge in [-0.1, -0.05) is 12.1 Å². The van der Waals surface area contributed by atoms with E-state index < -0.39 is 0 Å². The molecule has 160 valence electrons. The number of morpholine rings is 1. The SMILES string of the molecule is COc1ccc(C(CNc2ccc3nnc(-c4ccsc4)n3n2)N2CCOCC2)cc1. The zero-order valence-electron chi connectivity index (χ0n) is 17.3. The van der Waals surface area contributed by atoms with Crippen molar-refractivity contribution in [3.63, 3.8) is 0 Å². The zero-order chi connectivity index (χ0) is 21.0. The molecule has 4 aromatic rings. The van der Waals surface area contributed by atoms with Crippen molar-refractivity contribution >= 4 is 22.8 Å². The van der Waals surface area contributed by atoms with E-state index in [1.807, 2.05) is 35.7 Å². The smallest absolute Gasteiger partial charge is 0.186 e. The van der Waals surface area contributed by atoms with Gasteiger partial charge in [0.2, 0.25) is 0 Å². The number of ether oxygens (including phenoxy) is 2. The van der Waals surface area contributed by atoms with Crippen molar-refractivity contribution in [3.8, 4) is 17.1 Å². The summed E-state index contributed by atoms with van der Waals surface area (Å²) in [6, 6.07) is 14.4. The van der Waals surface area contributed by atoms with Gasteiger partial charge >= 0.3 is 0 Å². The van der Waals surface area contributed by atoms with Gasteiger partial charge in [-0.3, -0.25) is 4.90 Å². The molecule has 1 unspecified atom stereocenters. The van der Waals surface area contributed by atoms with Crippen LogP contribution in [0.15, 0.2) is 53.2 Å². The Morgan fingerprint density at radius 1 is 1.10 bits per heavy atom. The molecule has 0 saturated carbocycles. The maximum absolute atomic E-state index is 5.56. The molecule has 1 atom stereocenters. The monoisotopic (exact) mass is 436 g/mol. The third-order valence-corrected chi connectivity index (χ3v) is 6.19. The Labute approximate surface area is 184 Å². The van der Waals surface area contributed by atoms with Crippen LogP contribution in [0.4, 0.5) is 5.82 Å². The summed E-state index contributed by atoms with van der Waals surface area (Å²) in [5.41, 5.74) is 2.98. The number of anilines is 1. The molecule has 1 aromatic carbocycles. The fraction of sp³-hybridized carbons (Fsp3) is 0.318. The van der Waals surface area contributed by atoms with Crippen molar-refractivity contribution in [2.24, 2.45) is 0 Å². The second-order valence-corrected chi connectivity index (χ2v) is 8.12. The van der Waals surface area contributed by atoms with Gasteiger partial charge in [0, 0.05) is 30.6 Å². The highest BCUT2D eigenvalue weighted by Crippen LogP contribution is 2.25. The molecule has 1 saturated heterocycles. The molecule has 0 bridgehead atoms. The molecule has 4 heterocycles. The molecule has 1 N–H and O–H groups in total. The molecule has 5 rings (SSSR count). The normalized spacial score (nSPS) is 15.8. The molecule has 1 fully saturated rings. The molecule has 8 nitrogen and oxygen atoms in total. The van der Waals surface area contributed by atoms with Crippen molar-refractivity contribution in [2.45, 2.75) is 6.04 Å². The average Bonchev–Trinajstić information content (AvgIpc) is 3.50. The number of benzene rings is 1. The Kier molecular flexibility index (Phi) is 5.79. The van der Waals surface area contributed by atoms with Gasteiger partial charge in [-0.25, -0.2) is 0 Å². The Morgan fingerprint density at radius 3 is 2.68 bits per heavy atom. The minimum atomic E-state index is 0.199. The number of hydrogen-bond donors (Lipinski definition) is 1. The van der Waals surface area contributed by atoms with Gasteiger partial charge in [-0.2, -0.15) is 15.9 Å². The van der Waals surface area contributed by atoms with Gasteiger partial charge in [-0.15, -0.1) is 15.3 Å². The number of thiophene rings is 1. The standard InChI is InChI=1S/C22H24N6O2S/c1-29-18-4-2-16(3-5-18)19(27-9-11-30-12-10-27)14-23-20-6-7-21-24-25-22(28(21)26-20)17-8-13-31-15-17/h2-8,13,15,19H,9-12,14H2,1H3,(H,23,26). The van der Waals surface area contributed by atoms with Crippen LogP contribution in [0.1, 0.15) is 11.6 Å². The first-order valence-electron chi connectivity index (χ1n) is 10.3. The number of rotatable bonds is 7. The molecule has 0 radical (unpaired) electrons. The second kappa shape index (κ2) is 9.01. The van der Waals surface area contributed by atoms with E-state index in [2.05, 4.69) is 37.9 Å². The summed E-state index contributed by atoms with van der Waals surface area (Å²) >= 11 is 1.63. The summed E-state index contributed by atoms with van der Waals surface area (Å²) in [5, 5.41) is 20.9. The number of methoxy groups -OCH3 is 1. The van der Waals surface area contributed by atoms with Crippen molar-refractivity contribution in [1.29, 1.82) is 0 Å². The second-order valence-electron chi connectivity index (χ2n) is 7.34. The van der Waals surface area contributed by atoms with E-state index in [0.717, 1.165) is 61.5 Å². The summed E-state index contributed by atoms with van der Waals surface area (Å²) in [6.45, 7) is 4.03. The van der Waals surface area contributed by atoms with Gasteiger partial charge in [0.05, 0.1) is 26.4 Å². The highest BCUT2D eigenvalue weighted by atomic mass is 32.1. The minimum absolute atomic E-state index is 0.199. The van der Waals surface area contributed by atoms with Crippen LogP contribution in [0.25, 0.3) is 17.0 Å². The fourth-order valence-electron chi connectivity index (χ4n) is 3.83. The molecule has 0 amide bonds. The predicted molar refractivity (Wildman–Crippen MR) is 121 cm³/mol. The lowest BCUT2D eigenvalue weighted by atomic mass is 10.0. The molecule has 3 aromatic heterocycles. The van der Waals surface area contributed by atoms with Crippen molar-refractivity contribution < 1.29 is 9.47 Å². The van der Waals surface area contributed by atoms with Gasteiger partial charge < -0.3 is 14.8 Å². The van der Waals surface area contributed by atoms with E-state index in [-0.39, 0.29) is 6.04 Å². The van der Waals surface area contributed by atoms with Gasteiger partial charge in [0.15, 0.2) is 11.5 Å². The van der Waals surface area contributed by atoms with Crippen molar-refractivity contribution in [3.05, 3.63) is 58.8 Å². The van der Waals surface area contributed by atoms with Crippen LogP contribution in [0.3, 0.4) is 0 Å². The molecular weight excluding hydrogens is 412 g/mol. The quantitative estimate of drug-likeness (QED) is 0.476. The first-order valence-corrected chi connectivity index (χ1v) is 11.2. The van der Waals surface area contributed by atoms with E-state index in [1.54, 1.807) is 23.0 Å². The fourth-order valence-corrected chi connectivity index (χ4v) is 4.46. The summed E-state index contributed by atoms with van der Waals surface area (Å²) in [4.78, 5) is 2.45. The van der Waals surface area contributed by atoms with Gasteiger partial charge in [-0.05, 0) is 41.3 Å². The minimum Gasteiger partial charge on any atom is -0.497 e. The van der Waals surface area contributed by atoms with E-state index >= 15 is 0 Å². The third kappa shape index (κ3) is 4.25. The van der Waals surface area contributed by atoms with Crippen LogP contribution in [-0.4, -0.2) is 64.7 Å². The Morgan fingerprint density at radius 2 is 1.94 bits per heavy atom. The summed E-state index contributed by atoms with van der Waals surface area (Å²) in [7, 11) is 1.69. The molecule has 1 aliphatic heterocycles. The lowest BCUT2D eigenvalue weighted by molar-refractivity contribution is 0.0187. The number of nitrogens with one attached hydrogen (secondary N) is 1. The number of nitrogens with zero attached hydrogens (tertiary/aromatic N) is 5. The predicted octanol–water partition coefficient (Wildman–Crippen LogP) is 3.35. The maximum atomic E-state index is 5.56. The number of aromatic nitrogens is 4. The zero-order valence-corrected chi connectivity index (χ0v) is 18.1. The summed E-state index contributed by atoms with van der Waals surface area (Å²) in [6.07, 6.45) is 0. The maximum Gasteiger partial charge on any atom is 0.186 e. The van der Waals surface area contributed by atoms with Crippen molar-refractivity contribution in [1.82, 2.24) is 24.7 Å². The lowest BCUT2D eigenvalue weighted by Crippen LogP contribution is -2.41. The van der Waals surface area contributed by atoms with Crippen LogP contribution < -0.4 is 10.1 Å². The topological polar surface area (TPSA) is 76.8 Å². The van der Waals surface area contributed by atoms with Crippen LogP contribution in [0, 0.1) is 0 Å². The van der Waals surface area contributed by atoms with Gasteiger partial charge in [0.25, 0.3) is 0 Å². The van der Waals surface area contributed by atoms with Gasteiger partial charge in [0.1, 0.15) is 11.6 Å². The molecule has 9 heteroatoms. The average molecular weight is 437 g/mol. The van der Waals surface area contributed by atoms with Crippen LogP contribution in [0.2, 0.25) is 0 Å². The van der Waals surface area contributed by atoms with E-state index in [9.17, 15) is 0 Å². The highest BCUT2D eigenvalue weighted by molar-refractivity contribution is 7.08. The van der Waals surface area contributed by atoms with E-state index in [0.29, 0.717) is 0 Å². The lowest BCUT2D eigenvalue weighted by Gasteiger charge is -2.35. The summed E-state index contributed by atoms with van der Waals surface area (Å²) in [5.74, 6) is 2.40. The highest BCUT2D eigenvalue weighted by Gasteiger charge is 2.23. The van der Waals surface area contributed by atoms with E-state index in [1.165, 1.54) is 5.56 Å². The Bertz CT molecular complexity index is 1120. The largest absolute Gasteiger partial charge is 0.497 e.